The average Bonchev–Trinajstić information content (AvgIpc) is 3.06. The van der Waals surface area contributed by atoms with Gasteiger partial charge in [0.1, 0.15) is 0 Å². The highest BCUT2D eigenvalue weighted by atomic mass is 32.2. The molecule has 0 saturated heterocycles. The SMILES string of the molecule is CN(C)S(=O)(=O)c1cccc2c1CCN(C(=O)CC1C=CCC1)C2. The number of carbonyl (C=O) groups excluding carboxylic acids is 1. The van der Waals surface area contributed by atoms with E-state index in [-0.39, 0.29) is 5.91 Å². The standard InChI is InChI=1S/C18H24N2O3S/c1-19(2)24(22,23)17-9-5-8-15-13-20(11-10-16(15)17)18(21)12-14-6-3-4-7-14/h3,5-6,8-9,14H,4,7,10-13H2,1-2H3. The molecule has 0 N–H and O–H groups in total. The van der Waals surface area contributed by atoms with Crippen LogP contribution in [0.5, 0.6) is 0 Å². The monoisotopic (exact) mass is 348 g/mol. The summed E-state index contributed by atoms with van der Waals surface area (Å²) in [6.07, 6.45) is 7.54. The van der Waals surface area contributed by atoms with Crippen LogP contribution in [0.4, 0.5) is 0 Å². The number of carbonyl (C=O) groups is 1. The molecule has 0 aromatic heterocycles. The summed E-state index contributed by atoms with van der Waals surface area (Å²) in [6, 6.07) is 5.36. The molecule has 1 aliphatic carbocycles. The summed E-state index contributed by atoms with van der Waals surface area (Å²) in [5.74, 6) is 0.525. The first-order chi connectivity index (χ1) is 11.4. The van der Waals surface area contributed by atoms with Crippen molar-refractivity contribution in [3.05, 3.63) is 41.5 Å². The maximum absolute atomic E-state index is 12.5. The topological polar surface area (TPSA) is 57.7 Å². The maximum Gasteiger partial charge on any atom is 0.242 e. The predicted molar refractivity (Wildman–Crippen MR) is 92.9 cm³/mol. The van der Waals surface area contributed by atoms with E-state index in [9.17, 15) is 13.2 Å². The van der Waals surface area contributed by atoms with Crippen molar-refractivity contribution in [2.45, 2.75) is 37.1 Å². The minimum absolute atomic E-state index is 0.165. The van der Waals surface area contributed by atoms with Crippen molar-refractivity contribution in [3.8, 4) is 0 Å². The number of hydrogen-bond donors (Lipinski definition) is 0. The molecule has 0 saturated carbocycles. The van der Waals surface area contributed by atoms with Gasteiger partial charge in [0.2, 0.25) is 15.9 Å². The van der Waals surface area contributed by atoms with Crippen LogP contribution in [0.25, 0.3) is 0 Å². The Kier molecular flexibility index (Phi) is 4.78. The molecule has 1 amide bonds. The average molecular weight is 348 g/mol. The van der Waals surface area contributed by atoms with Gasteiger partial charge in [-0.05, 0) is 42.4 Å². The van der Waals surface area contributed by atoms with E-state index in [1.807, 2.05) is 11.0 Å². The number of nitrogens with zero attached hydrogens (tertiary/aromatic N) is 2. The fraction of sp³-hybridized carbons (Fsp3) is 0.500. The zero-order valence-corrected chi connectivity index (χ0v) is 15.1. The van der Waals surface area contributed by atoms with Crippen LogP contribution in [-0.4, -0.2) is 44.2 Å². The van der Waals surface area contributed by atoms with Crippen molar-refractivity contribution >= 4 is 15.9 Å². The summed E-state index contributed by atoms with van der Waals surface area (Å²) < 4.78 is 26.2. The van der Waals surface area contributed by atoms with Crippen LogP contribution >= 0.6 is 0 Å². The number of rotatable bonds is 4. The number of sulfonamides is 1. The second-order valence-corrected chi connectivity index (χ2v) is 8.84. The van der Waals surface area contributed by atoms with Gasteiger partial charge in [0.25, 0.3) is 0 Å². The quantitative estimate of drug-likeness (QED) is 0.784. The van der Waals surface area contributed by atoms with E-state index in [4.69, 9.17) is 0 Å². The van der Waals surface area contributed by atoms with Crippen LogP contribution in [0, 0.1) is 5.92 Å². The Hall–Kier alpha value is -1.66. The maximum atomic E-state index is 12.5. The normalized spacial score (nSPS) is 20.5. The number of benzene rings is 1. The van der Waals surface area contributed by atoms with Crippen molar-refractivity contribution in [3.63, 3.8) is 0 Å². The molecular formula is C18H24N2O3S. The molecule has 0 bridgehead atoms. The van der Waals surface area contributed by atoms with Crippen LogP contribution in [0.3, 0.4) is 0 Å². The third-order valence-corrected chi connectivity index (χ3v) is 6.78. The van der Waals surface area contributed by atoms with Gasteiger partial charge in [-0.15, -0.1) is 0 Å². The molecule has 0 radical (unpaired) electrons. The summed E-state index contributed by atoms with van der Waals surface area (Å²) in [5, 5.41) is 0. The summed E-state index contributed by atoms with van der Waals surface area (Å²) in [5.41, 5.74) is 1.80. The van der Waals surface area contributed by atoms with Crippen LogP contribution in [0.1, 0.15) is 30.4 Å². The van der Waals surface area contributed by atoms with Crippen molar-refractivity contribution in [2.75, 3.05) is 20.6 Å². The predicted octanol–water partition coefficient (Wildman–Crippen LogP) is 2.18. The summed E-state index contributed by atoms with van der Waals surface area (Å²) >= 11 is 0. The van der Waals surface area contributed by atoms with E-state index in [1.54, 1.807) is 26.2 Å². The van der Waals surface area contributed by atoms with Crippen molar-refractivity contribution in [1.29, 1.82) is 0 Å². The van der Waals surface area contributed by atoms with Crippen molar-refractivity contribution in [2.24, 2.45) is 5.92 Å². The lowest BCUT2D eigenvalue weighted by Crippen LogP contribution is -2.37. The lowest BCUT2D eigenvalue weighted by atomic mass is 9.98. The van der Waals surface area contributed by atoms with Gasteiger partial charge < -0.3 is 4.90 Å². The van der Waals surface area contributed by atoms with E-state index in [0.717, 1.165) is 24.0 Å². The lowest BCUT2D eigenvalue weighted by molar-refractivity contribution is -0.132. The Morgan fingerprint density at radius 1 is 1.33 bits per heavy atom. The smallest absolute Gasteiger partial charge is 0.242 e. The lowest BCUT2D eigenvalue weighted by Gasteiger charge is -2.31. The highest BCUT2D eigenvalue weighted by Gasteiger charge is 2.28. The first-order valence-electron chi connectivity index (χ1n) is 8.37. The largest absolute Gasteiger partial charge is 0.338 e. The summed E-state index contributed by atoms with van der Waals surface area (Å²) in [7, 11) is -0.366. The second kappa shape index (κ2) is 6.69. The number of fused-ring (bicyclic) bond motifs is 1. The molecule has 2 aliphatic rings. The van der Waals surface area contributed by atoms with E-state index in [2.05, 4.69) is 12.2 Å². The fourth-order valence-electron chi connectivity index (χ4n) is 3.44. The van der Waals surface area contributed by atoms with Gasteiger partial charge in [0, 0.05) is 33.6 Å². The Balaban J connectivity index is 1.79. The van der Waals surface area contributed by atoms with Gasteiger partial charge in [0.15, 0.2) is 0 Å². The van der Waals surface area contributed by atoms with Crippen LogP contribution in [0.2, 0.25) is 0 Å². The first-order valence-corrected chi connectivity index (χ1v) is 9.81. The molecule has 3 rings (SSSR count). The molecule has 1 aromatic carbocycles. The Morgan fingerprint density at radius 2 is 2.12 bits per heavy atom. The van der Waals surface area contributed by atoms with E-state index < -0.39 is 10.0 Å². The van der Waals surface area contributed by atoms with Crippen molar-refractivity contribution < 1.29 is 13.2 Å². The van der Waals surface area contributed by atoms with Crippen LogP contribution in [0.15, 0.2) is 35.2 Å². The van der Waals surface area contributed by atoms with Gasteiger partial charge in [-0.25, -0.2) is 12.7 Å². The molecule has 1 aromatic rings. The third kappa shape index (κ3) is 3.26. The number of amides is 1. The van der Waals surface area contributed by atoms with E-state index >= 15 is 0 Å². The summed E-state index contributed by atoms with van der Waals surface area (Å²) in [6.45, 7) is 1.09. The van der Waals surface area contributed by atoms with Gasteiger partial charge in [-0.1, -0.05) is 24.3 Å². The van der Waals surface area contributed by atoms with E-state index in [0.29, 0.717) is 36.7 Å². The molecule has 0 spiro atoms. The molecule has 5 nitrogen and oxygen atoms in total. The Morgan fingerprint density at radius 3 is 2.79 bits per heavy atom. The Labute approximate surface area is 144 Å². The zero-order valence-electron chi connectivity index (χ0n) is 14.2. The molecule has 0 fully saturated rings. The van der Waals surface area contributed by atoms with Gasteiger partial charge in [-0.3, -0.25) is 4.79 Å². The molecule has 1 heterocycles. The third-order valence-electron chi connectivity index (χ3n) is 4.88. The number of allylic oxidation sites excluding steroid dienone is 2. The van der Waals surface area contributed by atoms with Gasteiger partial charge in [0.05, 0.1) is 4.90 Å². The highest BCUT2D eigenvalue weighted by Crippen LogP contribution is 2.28. The fourth-order valence-corrected chi connectivity index (χ4v) is 4.63. The summed E-state index contributed by atoms with van der Waals surface area (Å²) in [4.78, 5) is 14.8. The molecule has 1 aliphatic heterocycles. The minimum atomic E-state index is -3.45. The van der Waals surface area contributed by atoms with Crippen molar-refractivity contribution in [1.82, 2.24) is 9.21 Å². The Bertz CT molecular complexity index is 768. The number of hydrogen-bond acceptors (Lipinski definition) is 3. The molecule has 130 valence electrons. The molecular weight excluding hydrogens is 324 g/mol. The van der Waals surface area contributed by atoms with Crippen LogP contribution in [-0.2, 0) is 27.8 Å². The minimum Gasteiger partial charge on any atom is -0.338 e. The van der Waals surface area contributed by atoms with Gasteiger partial charge >= 0.3 is 0 Å². The van der Waals surface area contributed by atoms with Gasteiger partial charge in [-0.2, -0.15) is 0 Å². The van der Waals surface area contributed by atoms with Crippen LogP contribution < -0.4 is 0 Å². The highest BCUT2D eigenvalue weighted by molar-refractivity contribution is 7.89. The van der Waals surface area contributed by atoms with E-state index in [1.165, 1.54) is 4.31 Å². The molecule has 1 atom stereocenters. The zero-order chi connectivity index (χ0) is 17.3. The first kappa shape index (κ1) is 17.2. The second-order valence-electron chi connectivity index (χ2n) is 6.72. The molecule has 24 heavy (non-hydrogen) atoms. The molecule has 1 unspecified atom stereocenters. The molecule has 6 heteroatoms.